The third kappa shape index (κ3) is 6.13. The Bertz CT molecular complexity index is 939. The third-order valence-corrected chi connectivity index (χ3v) is 5.72. The van der Waals surface area contributed by atoms with Gasteiger partial charge < -0.3 is 10.1 Å². The van der Waals surface area contributed by atoms with Crippen LogP contribution in [0.25, 0.3) is 0 Å². The summed E-state index contributed by atoms with van der Waals surface area (Å²) in [6.45, 7) is 6.00. The van der Waals surface area contributed by atoms with Crippen molar-refractivity contribution in [1.29, 1.82) is 0 Å². The molecular formula is C25H27NO2S. The molecule has 1 N–H and O–H groups in total. The third-order valence-electron chi connectivity index (χ3n) is 4.63. The summed E-state index contributed by atoms with van der Waals surface area (Å²) in [7, 11) is 0. The molecular weight excluding hydrogens is 378 g/mol. The fourth-order valence-electron chi connectivity index (χ4n) is 3.00. The molecule has 3 aromatic rings. The minimum absolute atomic E-state index is 0.126. The highest BCUT2D eigenvalue weighted by atomic mass is 32.2. The number of hydrogen-bond donors (Lipinski definition) is 1. The molecule has 0 bridgehead atoms. The molecule has 29 heavy (non-hydrogen) atoms. The van der Waals surface area contributed by atoms with Crippen LogP contribution in [-0.2, 0) is 10.5 Å². The fraction of sp³-hybridized carbons (Fsp3) is 0.240. The van der Waals surface area contributed by atoms with Crippen molar-refractivity contribution < 1.29 is 9.53 Å². The molecule has 0 aliphatic carbocycles. The lowest BCUT2D eigenvalue weighted by Crippen LogP contribution is -2.32. The van der Waals surface area contributed by atoms with Crippen LogP contribution in [0.4, 0.5) is 5.69 Å². The standard InChI is InChI=1S/C25H27NO2S/c1-4-23(28-24-15-10-18(2)16-19(24)3)25(27)26-21-13-11-20(12-14-21)17-29-22-8-6-5-7-9-22/h5-16,23H,4,17H2,1-3H3,(H,26,27)/t23-/m0/s1. The molecule has 4 heteroatoms. The van der Waals surface area contributed by atoms with Crippen LogP contribution in [0.5, 0.6) is 5.75 Å². The molecule has 0 heterocycles. The minimum Gasteiger partial charge on any atom is -0.480 e. The van der Waals surface area contributed by atoms with Gasteiger partial charge in [0.1, 0.15) is 5.75 Å². The van der Waals surface area contributed by atoms with E-state index >= 15 is 0 Å². The lowest BCUT2D eigenvalue weighted by atomic mass is 10.1. The van der Waals surface area contributed by atoms with Gasteiger partial charge in [-0.25, -0.2) is 0 Å². The Morgan fingerprint density at radius 3 is 2.38 bits per heavy atom. The van der Waals surface area contributed by atoms with Crippen LogP contribution in [0, 0.1) is 13.8 Å². The second-order valence-electron chi connectivity index (χ2n) is 7.07. The van der Waals surface area contributed by atoms with Crippen molar-refractivity contribution in [3.63, 3.8) is 0 Å². The van der Waals surface area contributed by atoms with Gasteiger partial charge in [-0.2, -0.15) is 0 Å². The Morgan fingerprint density at radius 1 is 1.00 bits per heavy atom. The van der Waals surface area contributed by atoms with E-state index in [-0.39, 0.29) is 5.91 Å². The van der Waals surface area contributed by atoms with E-state index in [1.807, 2.05) is 63.2 Å². The molecule has 3 rings (SSSR count). The molecule has 1 atom stereocenters. The van der Waals surface area contributed by atoms with E-state index in [4.69, 9.17) is 4.74 Å². The molecule has 0 aromatic heterocycles. The summed E-state index contributed by atoms with van der Waals surface area (Å²) in [5.74, 6) is 1.52. The van der Waals surface area contributed by atoms with E-state index in [1.54, 1.807) is 11.8 Å². The number of hydrogen-bond acceptors (Lipinski definition) is 3. The number of thioether (sulfide) groups is 1. The molecule has 0 spiro atoms. The predicted molar refractivity (Wildman–Crippen MR) is 122 cm³/mol. The average molecular weight is 406 g/mol. The van der Waals surface area contributed by atoms with Gasteiger partial charge in [-0.05, 0) is 61.7 Å². The summed E-state index contributed by atoms with van der Waals surface area (Å²) in [5, 5.41) is 2.97. The first-order chi connectivity index (χ1) is 14.0. The highest BCUT2D eigenvalue weighted by Crippen LogP contribution is 2.24. The summed E-state index contributed by atoms with van der Waals surface area (Å²) in [6, 6.07) is 24.3. The van der Waals surface area contributed by atoms with Crippen molar-refractivity contribution in [2.45, 2.75) is 43.9 Å². The van der Waals surface area contributed by atoms with Gasteiger partial charge >= 0.3 is 0 Å². The van der Waals surface area contributed by atoms with Gasteiger partial charge in [0.05, 0.1) is 0 Å². The van der Waals surface area contributed by atoms with Crippen LogP contribution >= 0.6 is 11.8 Å². The zero-order valence-corrected chi connectivity index (χ0v) is 18.0. The first-order valence-corrected chi connectivity index (χ1v) is 10.9. The fourth-order valence-corrected chi connectivity index (χ4v) is 3.87. The molecule has 3 aromatic carbocycles. The SMILES string of the molecule is CC[C@H](Oc1ccc(C)cc1C)C(=O)Nc1ccc(CSc2ccccc2)cc1. The second kappa shape index (κ2) is 10.2. The van der Waals surface area contributed by atoms with Gasteiger partial charge in [-0.1, -0.05) is 55.0 Å². The number of ether oxygens (including phenoxy) is 1. The smallest absolute Gasteiger partial charge is 0.265 e. The van der Waals surface area contributed by atoms with Crippen LogP contribution in [-0.4, -0.2) is 12.0 Å². The predicted octanol–water partition coefficient (Wildman–Crippen LogP) is 6.39. The zero-order valence-electron chi connectivity index (χ0n) is 17.1. The number of carbonyl (C=O) groups is 1. The lowest BCUT2D eigenvalue weighted by molar-refractivity contribution is -0.122. The molecule has 1 amide bonds. The monoisotopic (exact) mass is 405 g/mol. The summed E-state index contributed by atoms with van der Waals surface area (Å²) < 4.78 is 5.98. The van der Waals surface area contributed by atoms with Gasteiger partial charge in [-0.15, -0.1) is 11.8 Å². The van der Waals surface area contributed by atoms with Crippen molar-refractivity contribution in [2.24, 2.45) is 0 Å². The highest BCUT2D eigenvalue weighted by molar-refractivity contribution is 7.98. The number of aryl methyl sites for hydroxylation is 2. The van der Waals surface area contributed by atoms with Gasteiger partial charge in [0.2, 0.25) is 0 Å². The average Bonchev–Trinajstić information content (AvgIpc) is 2.73. The number of nitrogens with one attached hydrogen (secondary N) is 1. The van der Waals surface area contributed by atoms with Gasteiger partial charge in [0.15, 0.2) is 6.10 Å². The van der Waals surface area contributed by atoms with E-state index in [9.17, 15) is 4.79 Å². The summed E-state index contributed by atoms with van der Waals surface area (Å²) in [6.07, 6.45) is 0.0787. The van der Waals surface area contributed by atoms with E-state index in [1.165, 1.54) is 16.0 Å². The number of amides is 1. The molecule has 0 aliphatic rings. The van der Waals surface area contributed by atoms with E-state index in [0.717, 1.165) is 22.8 Å². The van der Waals surface area contributed by atoms with Crippen LogP contribution in [0.3, 0.4) is 0 Å². The summed E-state index contributed by atoms with van der Waals surface area (Å²) >= 11 is 1.80. The largest absolute Gasteiger partial charge is 0.480 e. The maximum Gasteiger partial charge on any atom is 0.265 e. The number of anilines is 1. The quantitative estimate of drug-likeness (QED) is 0.441. The molecule has 0 radical (unpaired) electrons. The molecule has 3 nitrogen and oxygen atoms in total. The number of carbonyl (C=O) groups excluding carboxylic acids is 1. The first kappa shape index (κ1) is 21.0. The Hall–Kier alpha value is -2.72. The Kier molecular flexibility index (Phi) is 7.36. The van der Waals surface area contributed by atoms with Crippen LogP contribution < -0.4 is 10.1 Å². The molecule has 0 unspecified atom stereocenters. The van der Waals surface area contributed by atoms with Crippen molar-refractivity contribution in [2.75, 3.05) is 5.32 Å². The van der Waals surface area contributed by atoms with Crippen LogP contribution in [0.1, 0.15) is 30.0 Å². The van der Waals surface area contributed by atoms with E-state index < -0.39 is 6.10 Å². The molecule has 0 fully saturated rings. The topological polar surface area (TPSA) is 38.3 Å². The van der Waals surface area contributed by atoms with Crippen molar-refractivity contribution in [3.05, 3.63) is 89.5 Å². The van der Waals surface area contributed by atoms with Crippen LogP contribution in [0.2, 0.25) is 0 Å². The molecule has 150 valence electrons. The second-order valence-corrected chi connectivity index (χ2v) is 8.12. The van der Waals surface area contributed by atoms with Crippen molar-refractivity contribution in [3.8, 4) is 5.75 Å². The van der Waals surface area contributed by atoms with E-state index in [2.05, 4.69) is 35.6 Å². The maximum absolute atomic E-state index is 12.7. The Labute approximate surface area is 177 Å². The van der Waals surface area contributed by atoms with Gasteiger partial charge in [-0.3, -0.25) is 4.79 Å². The summed E-state index contributed by atoms with van der Waals surface area (Å²) in [4.78, 5) is 13.9. The Balaban J connectivity index is 1.57. The summed E-state index contributed by atoms with van der Waals surface area (Å²) in [5.41, 5.74) is 4.22. The minimum atomic E-state index is -0.523. The zero-order chi connectivity index (χ0) is 20.6. The molecule has 0 saturated heterocycles. The van der Waals surface area contributed by atoms with Crippen molar-refractivity contribution in [1.82, 2.24) is 0 Å². The number of rotatable bonds is 8. The van der Waals surface area contributed by atoms with Gasteiger partial charge in [0.25, 0.3) is 5.91 Å². The normalized spacial score (nSPS) is 11.7. The molecule has 0 saturated carbocycles. The van der Waals surface area contributed by atoms with Crippen molar-refractivity contribution >= 4 is 23.4 Å². The maximum atomic E-state index is 12.7. The molecule has 0 aliphatic heterocycles. The van der Waals surface area contributed by atoms with E-state index in [0.29, 0.717) is 6.42 Å². The number of benzene rings is 3. The highest BCUT2D eigenvalue weighted by Gasteiger charge is 2.19. The van der Waals surface area contributed by atoms with Crippen LogP contribution in [0.15, 0.2) is 77.7 Å². The first-order valence-electron chi connectivity index (χ1n) is 9.86. The Morgan fingerprint density at radius 2 is 1.72 bits per heavy atom. The van der Waals surface area contributed by atoms with Gasteiger partial charge in [0, 0.05) is 16.3 Å². The lowest BCUT2D eigenvalue weighted by Gasteiger charge is -2.19.